The molecule has 0 saturated heterocycles. The fourth-order valence-corrected chi connectivity index (χ4v) is 4.58. The highest BCUT2D eigenvalue weighted by Crippen LogP contribution is 2.28. The number of benzene rings is 3. The number of halogens is 2. The molecule has 8 heteroatoms. The number of rotatable bonds is 8. The third kappa shape index (κ3) is 5.65. The number of carbonyl (C=O) groups excluding carboxylic acids is 1. The third-order valence-corrected chi connectivity index (χ3v) is 6.78. The molecule has 1 aromatic heterocycles. The largest absolute Gasteiger partial charge is 0.494 e. The maximum Gasteiger partial charge on any atom is 0.266 e. The van der Waals surface area contributed by atoms with Gasteiger partial charge in [-0.25, -0.2) is 4.98 Å². The van der Waals surface area contributed by atoms with Crippen molar-refractivity contribution in [2.24, 2.45) is 5.92 Å². The Morgan fingerprint density at radius 3 is 2.35 bits per heavy atom. The Morgan fingerprint density at radius 1 is 1.00 bits per heavy atom. The molecule has 6 nitrogen and oxygen atoms in total. The zero-order valence-electron chi connectivity index (χ0n) is 21.2. The van der Waals surface area contributed by atoms with Crippen molar-refractivity contribution in [3.05, 3.63) is 98.5 Å². The maximum absolute atomic E-state index is 13.8. The Morgan fingerprint density at radius 2 is 1.70 bits per heavy atom. The Hall–Kier alpha value is -3.35. The van der Waals surface area contributed by atoms with Gasteiger partial charge in [-0.05, 0) is 74.4 Å². The lowest BCUT2D eigenvalue weighted by Gasteiger charge is -2.32. The lowest BCUT2D eigenvalue weighted by atomic mass is 10.1. The number of carbonyl (C=O) groups is 1. The number of hydrogen-bond donors (Lipinski definition) is 0. The number of nitrogens with zero attached hydrogens (tertiary/aromatic N) is 3. The van der Waals surface area contributed by atoms with Gasteiger partial charge in [0.05, 0.1) is 39.3 Å². The fraction of sp³-hybridized carbons (Fsp3) is 0.276. The molecule has 0 saturated carbocycles. The summed E-state index contributed by atoms with van der Waals surface area (Å²) in [5.41, 5.74) is 1.42. The van der Waals surface area contributed by atoms with Crippen molar-refractivity contribution >= 4 is 40.0 Å². The van der Waals surface area contributed by atoms with E-state index in [1.165, 1.54) is 0 Å². The molecular weight excluding hydrogens is 509 g/mol. The molecule has 0 fully saturated rings. The topological polar surface area (TPSA) is 64.4 Å². The number of hydrogen-bond acceptors (Lipinski definition) is 4. The van der Waals surface area contributed by atoms with Crippen LogP contribution in [-0.2, 0) is 0 Å². The Bertz CT molecular complexity index is 1480. The van der Waals surface area contributed by atoms with E-state index in [0.717, 1.165) is 0 Å². The lowest BCUT2D eigenvalue weighted by Crippen LogP contribution is -2.39. The molecule has 1 amide bonds. The summed E-state index contributed by atoms with van der Waals surface area (Å²) < 4.78 is 7.16. The highest BCUT2D eigenvalue weighted by Gasteiger charge is 2.28. The van der Waals surface area contributed by atoms with Crippen LogP contribution in [0.25, 0.3) is 16.6 Å². The second kappa shape index (κ2) is 11.4. The number of para-hydroxylation sites is 1. The SMILES string of the molecule is CCOc1ccc(-n2c(C(C)N(CC(C)C)C(=O)c3ccc(Cl)c(Cl)c3)nc3ccccc3c2=O)cc1. The highest BCUT2D eigenvalue weighted by molar-refractivity contribution is 6.42. The van der Waals surface area contributed by atoms with Gasteiger partial charge in [0.1, 0.15) is 11.6 Å². The number of ether oxygens (including phenoxy) is 1. The maximum atomic E-state index is 13.8. The summed E-state index contributed by atoms with van der Waals surface area (Å²) in [6.45, 7) is 8.87. The van der Waals surface area contributed by atoms with E-state index < -0.39 is 6.04 Å². The summed E-state index contributed by atoms with van der Waals surface area (Å²) in [5, 5.41) is 1.18. The van der Waals surface area contributed by atoms with E-state index in [1.807, 2.05) is 70.2 Å². The van der Waals surface area contributed by atoms with Gasteiger partial charge in [0.15, 0.2) is 0 Å². The molecule has 0 radical (unpaired) electrons. The molecule has 0 aliphatic carbocycles. The van der Waals surface area contributed by atoms with Crippen LogP contribution in [0.1, 0.15) is 49.9 Å². The minimum Gasteiger partial charge on any atom is -0.494 e. The lowest BCUT2D eigenvalue weighted by molar-refractivity contribution is 0.0655. The fourth-order valence-electron chi connectivity index (χ4n) is 4.28. The normalized spacial score (nSPS) is 12.1. The molecule has 0 aliphatic rings. The van der Waals surface area contributed by atoms with Crippen LogP contribution in [0.15, 0.2) is 71.5 Å². The quantitative estimate of drug-likeness (QED) is 0.244. The molecule has 0 N–H and O–H groups in total. The molecule has 0 bridgehead atoms. The number of amides is 1. The van der Waals surface area contributed by atoms with Crippen LogP contribution in [0.3, 0.4) is 0 Å². The van der Waals surface area contributed by atoms with E-state index >= 15 is 0 Å². The van der Waals surface area contributed by atoms with E-state index in [9.17, 15) is 9.59 Å². The first-order valence-corrected chi connectivity index (χ1v) is 13.0. The first kappa shape index (κ1) is 26.7. The number of aromatic nitrogens is 2. The van der Waals surface area contributed by atoms with Crippen molar-refractivity contribution < 1.29 is 9.53 Å². The first-order chi connectivity index (χ1) is 17.7. The van der Waals surface area contributed by atoms with Gasteiger partial charge < -0.3 is 9.64 Å². The summed E-state index contributed by atoms with van der Waals surface area (Å²) in [4.78, 5) is 34.2. The average molecular weight is 538 g/mol. The minimum absolute atomic E-state index is 0.167. The van der Waals surface area contributed by atoms with Crippen molar-refractivity contribution in [1.82, 2.24) is 14.5 Å². The molecule has 192 valence electrons. The highest BCUT2D eigenvalue weighted by atomic mass is 35.5. The van der Waals surface area contributed by atoms with Crippen LogP contribution in [0.4, 0.5) is 0 Å². The standard InChI is InChI=1S/C29H29Cl2N3O3/c1-5-37-22-13-11-21(12-14-22)34-27(32-26-9-7-6-8-23(26)29(34)36)19(4)33(17-18(2)3)28(35)20-10-15-24(30)25(31)16-20/h6-16,18-19H,5,17H2,1-4H3. The van der Waals surface area contributed by atoms with E-state index in [2.05, 4.69) is 0 Å². The van der Waals surface area contributed by atoms with Gasteiger partial charge in [-0.2, -0.15) is 0 Å². The van der Waals surface area contributed by atoms with Gasteiger partial charge in [-0.15, -0.1) is 0 Å². The molecule has 1 unspecified atom stereocenters. The summed E-state index contributed by atoms with van der Waals surface area (Å²) in [6.07, 6.45) is 0. The molecule has 4 aromatic rings. The van der Waals surface area contributed by atoms with Crippen LogP contribution in [0.2, 0.25) is 10.0 Å². The van der Waals surface area contributed by atoms with Crippen LogP contribution < -0.4 is 10.3 Å². The second-order valence-corrected chi connectivity index (χ2v) is 10.0. The Kier molecular flexibility index (Phi) is 8.20. The molecule has 1 atom stereocenters. The molecule has 3 aromatic carbocycles. The Balaban J connectivity index is 1.89. The van der Waals surface area contributed by atoms with Crippen molar-refractivity contribution in [3.63, 3.8) is 0 Å². The molecule has 0 aliphatic heterocycles. The summed E-state index contributed by atoms with van der Waals surface area (Å²) in [6, 6.07) is 18.8. The van der Waals surface area contributed by atoms with E-state index in [1.54, 1.807) is 33.7 Å². The minimum atomic E-state index is -0.534. The van der Waals surface area contributed by atoms with Crippen molar-refractivity contribution in [2.45, 2.75) is 33.7 Å². The molecule has 37 heavy (non-hydrogen) atoms. The van der Waals surface area contributed by atoms with Gasteiger partial charge >= 0.3 is 0 Å². The monoisotopic (exact) mass is 537 g/mol. The summed E-state index contributed by atoms with van der Waals surface area (Å²) >= 11 is 12.3. The predicted octanol–water partition coefficient (Wildman–Crippen LogP) is 6.95. The Labute approximate surface area is 226 Å². The van der Waals surface area contributed by atoms with Crippen LogP contribution in [0, 0.1) is 5.92 Å². The van der Waals surface area contributed by atoms with Gasteiger partial charge in [-0.3, -0.25) is 14.2 Å². The van der Waals surface area contributed by atoms with E-state index in [0.29, 0.717) is 56.9 Å². The second-order valence-electron chi connectivity index (χ2n) is 9.21. The zero-order chi connectivity index (χ0) is 26.7. The van der Waals surface area contributed by atoms with Crippen molar-refractivity contribution in [2.75, 3.05) is 13.2 Å². The average Bonchev–Trinajstić information content (AvgIpc) is 2.89. The third-order valence-electron chi connectivity index (χ3n) is 6.04. The van der Waals surface area contributed by atoms with E-state index in [4.69, 9.17) is 32.9 Å². The molecule has 0 spiro atoms. The molecular formula is C29H29Cl2N3O3. The molecule has 4 rings (SSSR count). The van der Waals surface area contributed by atoms with Crippen LogP contribution >= 0.6 is 23.2 Å². The van der Waals surface area contributed by atoms with Crippen LogP contribution in [0.5, 0.6) is 5.75 Å². The summed E-state index contributed by atoms with van der Waals surface area (Å²) in [7, 11) is 0. The molecule has 1 heterocycles. The predicted molar refractivity (Wildman–Crippen MR) is 149 cm³/mol. The smallest absolute Gasteiger partial charge is 0.266 e. The van der Waals surface area contributed by atoms with E-state index in [-0.39, 0.29) is 17.4 Å². The van der Waals surface area contributed by atoms with Crippen LogP contribution in [-0.4, -0.2) is 33.5 Å². The van der Waals surface area contributed by atoms with Crippen molar-refractivity contribution in [1.29, 1.82) is 0 Å². The summed E-state index contributed by atoms with van der Waals surface area (Å²) in [5.74, 6) is 1.11. The number of fused-ring (bicyclic) bond motifs is 1. The van der Waals surface area contributed by atoms with Gasteiger partial charge in [0.2, 0.25) is 0 Å². The van der Waals surface area contributed by atoms with Gasteiger partial charge in [0, 0.05) is 12.1 Å². The van der Waals surface area contributed by atoms with Crippen molar-refractivity contribution in [3.8, 4) is 11.4 Å². The zero-order valence-corrected chi connectivity index (χ0v) is 22.8. The first-order valence-electron chi connectivity index (χ1n) is 12.2. The van der Waals surface area contributed by atoms with Gasteiger partial charge in [0.25, 0.3) is 11.5 Å². The van der Waals surface area contributed by atoms with Gasteiger partial charge in [-0.1, -0.05) is 49.2 Å².